The van der Waals surface area contributed by atoms with Crippen molar-refractivity contribution in [3.63, 3.8) is 0 Å². The van der Waals surface area contributed by atoms with E-state index in [4.69, 9.17) is 11.5 Å². The normalized spacial score (nSPS) is 9.71. The Morgan fingerprint density at radius 3 is 1.59 bits per heavy atom. The lowest BCUT2D eigenvalue weighted by atomic mass is 10.1. The van der Waals surface area contributed by atoms with Crippen molar-refractivity contribution >= 4 is 5.96 Å². The summed E-state index contributed by atoms with van der Waals surface area (Å²) >= 11 is 0. The first-order valence-corrected chi connectivity index (χ1v) is 6.82. The molecule has 0 spiro atoms. The van der Waals surface area contributed by atoms with E-state index in [0.29, 0.717) is 0 Å². The van der Waals surface area contributed by atoms with Gasteiger partial charge in [-0.05, 0) is 6.42 Å². The average Bonchev–Trinajstić information content (AvgIpc) is 2.25. The number of nitrogens with zero attached hydrogens (tertiary/aromatic N) is 1. The summed E-state index contributed by atoms with van der Waals surface area (Å²) in [5, 5.41) is 0. The molecule has 3 heteroatoms. The van der Waals surface area contributed by atoms with Crippen LogP contribution in [0.2, 0.25) is 0 Å². The molecular weight excluding hydrogens is 210 g/mol. The van der Waals surface area contributed by atoms with Gasteiger partial charge in [0.25, 0.3) is 0 Å². The molecule has 0 aromatic rings. The fraction of sp³-hybridized carbons (Fsp3) is 0.857. The summed E-state index contributed by atoms with van der Waals surface area (Å²) in [7, 11) is 0. The Morgan fingerprint density at radius 2 is 1.18 bits per heavy atom. The van der Waals surface area contributed by atoms with Gasteiger partial charge in [0, 0.05) is 6.54 Å². The summed E-state index contributed by atoms with van der Waals surface area (Å²) in [5.41, 5.74) is 10.5. The first kappa shape index (κ1) is 18.6. The number of hydrogen-bond acceptors (Lipinski definition) is 1. The Morgan fingerprint density at radius 1 is 0.765 bits per heavy atom. The Hall–Kier alpha value is -0.730. The minimum Gasteiger partial charge on any atom is -0.370 e. The maximum absolute atomic E-state index is 5.24. The van der Waals surface area contributed by atoms with Crippen molar-refractivity contribution < 1.29 is 0 Å². The molecule has 0 radical (unpaired) electrons. The van der Waals surface area contributed by atoms with Crippen LogP contribution in [0.1, 0.15) is 71.1 Å². The molecular formula is C14H32N3-. The second-order valence-electron chi connectivity index (χ2n) is 4.49. The summed E-state index contributed by atoms with van der Waals surface area (Å²) in [6.07, 6.45) is 13.5. The monoisotopic (exact) mass is 242 g/mol. The standard InChI is InChI=1S/C13H29N3.CH3/c1-2-3-4-5-6-7-8-9-10-11-12-16-13(14)15;/h2-12H2,1H3,(H4,14,15,16);1H3/q;-1. The summed E-state index contributed by atoms with van der Waals surface area (Å²) in [6, 6.07) is 0. The molecule has 4 N–H and O–H groups in total. The third kappa shape index (κ3) is 17.9. The van der Waals surface area contributed by atoms with Crippen molar-refractivity contribution in [3.05, 3.63) is 7.43 Å². The minimum atomic E-state index is 0. The third-order valence-corrected chi connectivity index (χ3v) is 2.81. The van der Waals surface area contributed by atoms with Gasteiger partial charge in [0.2, 0.25) is 0 Å². The molecule has 0 fully saturated rings. The highest BCUT2D eigenvalue weighted by Crippen LogP contribution is 2.10. The van der Waals surface area contributed by atoms with E-state index in [2.05, 4.69) is 11.9 Å². The van der Waals surface area contributed by atoms with Gasteiger partial charge in [0.15, 0.2) is 5.96 Å². The lowest BCUT2D eigenvalue weighted by Crippen LogP contribution is -2.22. The molecule has 0 amide bonds. The van der Waals surface area contributed by atoms with Gasteiger partial charge in [-0.1, -0.05) is 64.7 Å². The molecule has 0 aliphatic heterocycles. The minimum absolute atomic E-state index is 0. The fourth-order valence-electron chi connectivity index (χ4n) is 1.81. The average molecular weight is 242 g/mol. The zero-order chi connectivity index (χ0) is 12.1. The number of aliphatic imine (C=N–C) groups is 1. The largest absolute Gasteiger partial charge is 0.370 e. The van der Waals surface area contributed by atoms with Crippen LogP contribution in [-0.2, 0) is 0 Å². The van der Waals surface area contributed by atoms with Gasteiger partial charge in [-0.25, -0.2) is 0 Å². The molecule has 0 aromatic carbocycles. The fourth-order valence-corrected chi connectivity index (χ4v) is 1.81. The van der Waals surface area contributed by atoms with Crippen LogP contribution in [0.5, 0.6) is 0 Å². The summed E-state index contributed by atoms with van der Waals surface area (Å²) in [4.78, 5) is 3.96. The number of rotatable bonds is 11. The smallest absolute Gasteiger partial charge is 0.185 e. The topological polar surface area (TPSA) is 64.4 Å². The first-order chi connectivity index (χ1) is 7.77. The Balaban J connectivity index is 0. The van der Waals surface area contributed by atoms with E-state index in [-0.39, 0.29) is 13.4 Å². The predicted molar refractivity (Wildman–Crippen MR) is 78.9 cm³/mol. The van der Waals surface area contributed by atoms with Crippen LogP contribution >= 0.6 is 0 Å². The number of guanidine groups is 1. The van der Waals surface area contributed by atoms with E-state index < -0.39 is 0 Å². The maximum Gasteiger partial charge on any atom is 0.185 e. The second-order valence-corrected chi connectivity index (χ2v) is 4.49. The van der Waals surface area contributed by atoms with Crippen LogP contribution in [0.3, 0.4) is 0 Å². The van der Waals surface area contributed by atoms with E-state index >= 15 is 0 Å². The zero-order valence-electron chi connectivity index (χ0n) is 11.9. The molecule has 17 heavy (non-hydrogen) atoms. The molecule has 3 nitrogen and oxygen atoms in total. The molecule has 0 saturated carbocycles. The van der Waals surface area contributed by atoms with E-state index in [0.717, 1.165) is 13.0 Å². The van der Waals surface area contributed by atoms with Gasteiger partial charge in [0.1, 0.15) is 0 Å². The molecule has 0 heterocycles. The van der Waals surface area contributed by atoms with Gasteiger partial charge in [-0.3, -0.25) is 4.99 Å². The zero-order valence-corrected chi connectivity index (χ0v) is 11.9. The lowest BCUT2D eigenvalue weighted by molar-refractivity contribution is 0.558. The van der Waals surface area contributed by atoms with Crippen molar-refractivity contribution in [1.82, 2.24) is 0 Å². The Labute approximate surface area is 108 Å². The van der Waals surface area contributed by atoms with Crippen LogP contribution in [-0.4, -0.2) is 12.5 Å². The summed E-state index contributed by atoms with van der Waals surface area (Å²) in [6.45, 7) is 3.05. The van der Waals surface area contributed by atoms with Crippen molar-refractivity contribution in [1.29, 1.82) is 0 Å². The number of unbranched alkanes of at least 4 members (excludes halogenated alkanes) is 9. The predicted octanol–water partition coefficient (Wildman–Crippen LogP) is 3.63. The molecule has 0 rings (SSSR count). The number of nitrogens with two attached hydrogens (primary N) is 2. The van der Waals surface area contributed by atoms with Crippen molar-refractivity contribution in [2.45, 2.75) is 71.1 Å². The third-order valence-electron chi connectivity index (χ3n) is 2.81. The van der Waals surface area contributed by atoms with Crippen molar-refractivity contribution in [2.24, 2.45) is 16.5 Å². The highest BCUT2D eigenvalue weighted by Gasteiger charge is 1.92. The highest BCUT2D eigenvalue weighted by molar-refractivity contribution is 5.75. The van der Waals surface area contributed by atoms with E-state index in [1.54, 1.807) is 0 Å². The van der Waals surface area contributed by atoms with Gasteiger partial charge in [-0.15, -0.1) is 0 Å². The van der Waals surface area contributed by atoms with Gasteiger partial charge >= 0.3 is 0 Å². The van der Waals surface area contributed by atoms with Gasteiger partial charge < -0.3 is 18.9 Å². The molecule has 104 valence electrons. The Bertz CT molecular complexity index is 163. The number of hydrogen-bond donors (Lipinski definition) is 2. The second kappa shape index (κ2) is 15.3. The summed E-state index contributed by atoms with van der Waals surface area (Å²) in [5.74, 6) is 0.218. The molecule has 0 aliphatic rings. The lowest BCUT2D eigenvalue weighted by Gasteiger charge is -2.01. The highest BCUT2D eigenvalue weighted by atomic mass is 15.0. The maximum atomic E-state index is 5.24. The van der Waals surface area contributed by atoms with Crippen LogP contribution in [0, 0.1) is 7.43 Å². The SMILES string of the molecule is CCCCCCCCCCCCN=C(N)N.[CH3-]. The first-order valence-electron chi connectivity index (χ1n) is 6.82. The van der Waals surface area contributed by atoms with Crippen LogP contribution in [0.4, 0.5) is 0 Å². The molecule has 0 atom stereocenters. The molecule has 0 bridgehead atoms. The molecule has 0 unspecified atom stereocenters. The van der Waals surface area contributed by atoms with Crippen molar-refractivity contribution in [2.75, 3.05) is 6.54 Å². The van der Waals surface area contributed by atoms with E-state index in [1.807, 2.05) is 0 Å². The van der Waals surface area contributed by atoms with Gasteiger partial charge in [-0.2, -0.15) is 0 Å². The molecule has 0 aromatic heterocycles. The van der Waals surface area contributed by atoms with E-state index in [1.165, 1.54) is 57.8 Å². The molecule has 0 saturated heterocycles. The van der Waals surface area contributed by atoms with Crippen LogP contribution in [0.25, 0.3) is 0 Å². The summed E-state index contributed by atoms with van der Waals surface area (Å²) < 4.78 is 0. The van der Waals surface area contributed by atoms with Crippen molar-refractivity contribution in [3.8, 4) is 0 Å². The quantitative estimate of drug-likeness (QED) is 0.251. The molecule has 0 aliphatic carbocycles. The van der Waals surface area contributed by atoms with E-state index in [9.17, 15) is 0 Å². The van der Waals surface area contributed by atoms with Crippen LogP contribution < -0.4 is 11.5 Å². The Kier molecular flexibility index (Phi) is 16.7. The van der Waals surface area contributed by atoms with Gasteiger partial charge in [0.05, 0.1) is 0 Å². The van der Waals surface area contributed by atoms with Crippen LogP contribution in [0.15, 0.2) is 4.99 Å².